The molecule has 24 heavy (non-hydrogen) atoms. The Kier molecular flexibility index (Phi) is 5.89. The highest BCUT2D eigenvalue weighted by Gasteiger charge is 2.26. The molecule has 0 amide bonds. The number of rotatable bonds is 7. The fraction of sp³-hybridized carbons (Fsp3) is 0.429. The number of piperazine rings is 1. The van der Waals surface area contributed by atoms with E-state index in [1.165, 1.54) is 16.3 Å². The van der Waals surface area contributed by atoms with Crippen molar-refractivity contribution < 1.29 is 4.74 Å². The van der Waals surface area contributed by atoms with Gasteiger partial charge in [-0.2, -0.15) is 0 Å². The minimum atomic E-state index is 0.373. The van der Waals surface area contributed by atoms with E-state index in [0.717, 1.165) is 44.8 Å². The highest BCUT2D eigenvalue weighted by molar-refractivity contribution is 5.88. The fourth-order valence-electron chi connectivity index (χ4n) is 3.68. The summed E-state index contributed by atoms with van der Waals surface area (Å²) in [5.41, 5.74) is 1.35. The summed E-state index contributed by atoms with van der Waals surface area (Å²) < 4.78 is 6.03. The van der Waals surface area contributed by atoms with Crippen molar-refractivity contribution in [3.8, 4) is 5.75 Å². The first-order valence-electron chi connectivity index (χ1n) is 9.05. The maximum absolute atomic E-state index is 6.03. The molecule has 0 spiro atoms. The Morgan fingerprint density at radius 1 is 1.21 bits per heavy atom. The maximum atomic E-state index is 6.03. The fourth-order valence-corrected chi connectivity index (χ4v) is 3.68. The molecule has 3 nitrogen and oxygen atoms in total. The van der Waals surface area contributed by atoms with Crippen molar-refractivity contribution in [2.45, 2.75) is 25.8 Å². The summed E-state index contributed by atoms with van der Waals surface area (Å²) in [7, 11) is 0. The maximum Gasteiger partial charge on any atom is 0.124 e. The zero-order valence-electron chi connectivity index (χ0n) is 14.6. The number of hydrogen-bond donors (Lipinski definition) is 1. The summed E-state index contributed by atoms with van der Waals surface area (Å²) in [5, 5.41) is 6.06. The molecule has 2 aromatic rings. The average Bonchev–Trinajstić information content (AvgIpc) is 2.64. The van der Waals surface area contributed by atoms with Gasteiger partial charge in [0.15, 0.2) is 0 Å². The van der Waals surface area contributed by atoms with Crippen molar-refractivity contribution in [1.82, 2.24) is 10.2 Å². The van der Waals surface area contributed by atoms with Crippen LogP contribution < -0.4 is 10.1 Å². The van der Waals surface area contributed by atoms with Crippen LogP contribution in [-0.2, 0) is 0 Å². The first kappa shape index (κ1) is 17.0. The number of fused-ring (bicyclic) bond motifs is 1. The van der Waals surface area contributed by atoms with Crippen molar-refractivity contribution in [2.24, 2.45) is 0 Å². The Hall–Kier alpha value is -1.84. The number of ether oxygens (including phenoxy) is 1. The zero-order chi connectivity index (χ0) is 16.8. The van der Waals surface area contributed by atoms with Gasteiger partial charge in [-0.05, 0) is 36.6 Å². The minimum absolute atomic E-state index is 0.373. The molecule has 0 saturated carbocycles. The second kappa shape index (κ2) is 8.32. The molecule has 1 heterocycles. The molecule has 3 heteroatoms. The van der Waals surface area contributed by atoms with Crippen LogP contribution in [0, 0.1) is 0 Å². The van der Waals surface area contributed by atoms with Gasteiger partial charge in [0.25, 0.3) is 0 Å². The monoisotopic (exact) mass is 324 g/mol. The van der Waals surface area contributed by atoms with Gasteiger partial charge in [-0.25, -0.2) is 0 Å². The molecule has 1 aliphatic heterocycles. The lowest BCUT2D eigenvalue weighted by atomic mass is 9.93. The molecule has 1 aliphatic rings. The molecule has 0 aromatic heterocycles. The molecule has 1 atom stereocenters. The van der Waals surface area contributed by atoms with Crippen LogP contribution in [0.4, 0.5) is 0 Å². The summed E-state index contributed by atoms with van der Waals surface area (Å²) in [4.78, 5) is 2.60. The molecule has 1 N–H and O–H groups in total. The Bertz CT molecular complexity index is 677. The highest BCUT2D eigenvalue weighted by Crippen LogP contribution is 2.38. The molecule has 0 bridgehead atoms. The lowest BCUT2D eigenvalue weighted by Crippen LogP contribution is -2.45. The third kappa shape index (κ3) is 3.63. The summed E-state index contributed by atoms with van der Waals surface area (Å²) in [6.45, 7) is 11.0. The van der Waals surface area contributed by atoms with Crippen LogP contribution in [0.15, 0.2) is 49.1 Å². The van der Waals surface area contributed by atoms with Gasteiger partial charge in [0, 0.05) is 37.8 Å². The molecular weight excluding hydrogens is 296 g/mol. The number of allylic oxidation sites excluding steroid dienone is 1. The molecule has 2 aromatic carbocycles. The lowest BCUT2D eigenvalue weighted by molar-refractivity contribution is 0.163. The standard InChI is InChI=1S/C21H28N2O/c1-3-5-10-19(23-15-13-22-14-16-23)21-18-9-7-6-8-17(18)11-12-20(21)24-4-2/h3,6-9,11-12,19,22H,1,4-5,10,13-16H2,2H3/t19-/m0/s1. The van der Waals surface area contributed by atoms with E-state index in [1.54, 1.807) is 0 Å². The summed E-state index contributed by atoms with van der Waals surface area (Å²) in [6, 6.07) is 13.3. The molecule has 0 unspecified atom stereocenters. The van der Waals surface area contributed by atoms with E-state index < -0.39 is 0 Å². The molecule has 1 fully saturated rings. The first-order valence-corrected chi connectivity index (χ1v) is 9.05. The Labute approximate surface area is 145 Å². The van der Waals surface area contributed by atoms with E-state index in [-0.39, 0.29) is 0 Å². The number of benzene rings is 2. The van der Waals surface area contributed by atoms with E-state index in [9.17, 15) is 0 Å². The third-order valence-electron chi connectivity index (χ3n) is 4.80. The van der Waals surface area contributed by atoms with Crippen LogP contribution in [0.2, 0.25) is 0 Å². The normalized spacial score (nSPS) is 16.9. The number of hydrogen-bond acceptors (Lipinski definition) is 3. The predicted octanol–water partition coefficient (Wildman–Crippen LogP) is 4.15. The van der Waals surface area contributed by atoms with Gasteiger partial charge in [-0.1, -0.05) is 36.4 Å². The van der Waals surface area contributed by atoms with Crippen molar-refractivity contribution >= 4 is 10.8 Å². The van der Waals surface area contributed by atoms with Gasteiger partial charge in [0.05, 0.1) is 6.61 Å². The van der Waals surface area contributed by atoms with E-state index in [0.29, 0.717) is 12.6 Å². The average molecular weight is 324 g/mol. The smallest absolute Gasteiger partial charge is 0.124 e. The molecule has 128 valence electrons. The topological polar surface area (TPSA) is 24.5 Å². The SMILES string of the molecule is C=CCC[C@@H](c1c(OCC)ccc2ccccc12)N1CCNCC1. The summed E-state index contributed by atoms with van der Waals surface area (Å²) in [5.74, 6) is 1.03. The van der Waals surface area contributed by atoms with Gasteiger partial charge >= 0.3 is 0 Å². The third-order valence-corrected chi connectivity index (χ3v) is 4.80. The van der Waals surface area contributed by atoms with Crippen LogP contribution in [0.1, 0.15) is 31.4 Å². The molecule has 0 aliphatic carbocycles. The molecule has 1 saturated heterocycles. The van der Waals surface area contributed by atoms with Crippen LogP contribution in [0.3, 0.4) is 0 Å². The Morgan fingerprint density at radius 2 is 2.00 bits per heavy atom. The Morgan fingerprint density at radius 3 is 2.75 bits per heavy atom. The second-order valence-corrected chi connectivity index (χ2v) is 6.30. The summed E-state index contributed by atoms with van der Waals surface area (Å²) >= 11 is 0. The highest BCUT2D eigenvalue weighted by atomic mass is 16.5. The van der Waals surface area contributed by atoms with Gasteiger partial charge in [-0.15, -0.1) is 6.58 Å². The first-order chi connectivity index (χ1) is 11.8. The lowest BCUT2D eigenvalue weighted by Gasteiger charge is -2.36. The molecule has 3 rings (SSSR count). The van der Waals surface area contributed by atoms with Gasteiger partial charge in [-0.3, -0.25) is 4.90 Å². The van der Waals surface area contributed by atoms with Gasteiger partial charge in [0.1, 0.15) is 5.75 Å². The predicted molar refractivity (Wildman–Crippen MR) is 102 cm³/mol. The van der Waals surface area contributed by atoms with Crippen LogP contribution >= 0.6 is 0 Å². The molecular formula is C21H28N2O. The number of nitrogens with one attached hydrogen (secondary N) is 1. The van der Waals surface area contributed by atoms with E-state index >= 15 is 0 Å². The quantitative estimate of drug-likeness (QED) is 0.774. The number of nitrogens with zero attached hydrogens (tertiary/aromatic N) is 1. The van der Waals surface area contributed by atoms with Gasteiger partial charge < -0.3 is 10.1 Å². The van der Waals surface area contributed by atoms with Gasteiger partial charge in [0.2, 0.25) is 0 Å². The minimum Gasteiger partial charge on any atom is -0.494 e. The Balaban J connectivity index is 2.09. The van der Waals surface area contributed by atoms with Crippen molar-refractivity contribution in [3.63, 3.8) is 0 Å². The molecule has 0 radical (unpaired) electrons. The van der Waals surface area contributed by atoms with E-state index in [2.05, 4.69) is 60.1 Å². The van der Waals surface area contributed by atoms with Crippen LogP contribution in [0.25, 0.3) is 10.8 Å². The van der Waals surface area contributed by atoms with E-state index in [4.69, 9.17) is 4.74 Å². The second-order valence-electron chi connectivity index (χ2n) is 6.30. The van der Waals surface area contributed by atoms with Crippen molar-refractivity contribution in [2.75, 3.05) is 32.8 Å². The van der Waals surface area contributed by atoms with E-state index in [1.807, 2.05) is 6.08 Å². The van der Waals surface area contributed by atoms with Crippen molar-refractivity contribution in [1.29, 1.82) is 0 Å². The zero-order valence-corrected chi connectivity index (χ0v) is 14.6. The van der Waals surface area contributed by atoms with Crippen LogP contribution in [-0.4, -0.2) is 37.7 Å². The summed E-state index contributed by atoms with van der Waals surface area (Å²) in [6.07, 6.45) is 4.13. The van der Waals surface area contributed by atoms with Crippen LogP contribution in [0.5, 0.6) is 5.75 Å². The largest absolute Gasteiger partial charge is 0.494 e. The van der Waals surface area contributed by atoms with Crippen molar-refractivity contribution in [3.05, 3.63) is 54.6 Å².